The van der Waals surface area contributed by atoms with E-state index < -0.39 is 0 Å². The lowest BCUT2D eigenvalue weighted by molar-refractivity contribution is 0.274. The Balaban J connectivity index is 1.14. The van der Waals surface area contributed by atoms with E-state index in [1.165, 1.54) is 11.1 Å². The minimum atomic E-state index is 0.566. The molecule has 0 aromatic heterocycles. The Hall–Kier alpha value is -4.66. The SMILES string of the molecule is CCN(CCCCN=C(N)c1ccc(NNc2ccc(C(N)=NCCCN(CC)Cc3ccccc3)cc2)cc1)Cc1ccccc1. The first-order chi connectivity index (χ1) is 23.0. The molecule has 0 atom stereocenters. The van der Waals surface area contributed by atoms with Gasteiger partial charge in [0.05, 0.1) is 11.4 Å². The molecule has 0 spiro atoms. The molecule has 0 heterocycles. The van der Waals surface area contributed by atoms with Gasteiger partial charge in [-0.3, -0.25) is 19.8 Å². The van der Waals surface area contributed by atoms with Crippen LogP contribution in [0.25, 0.3) is 0 Å². The average Bonchev–Trinajstić information content (AvgIpc) is 3.12. The second-order valence-corrected chi connectivity index (χ2v) is 11.7. The molecule has 0 radical (unpaired) electrons. The van der Waals surface area contributed by atoms with E-state index >= 15 is 0 Å². The van der Waals surface area contributed by atoms with Crippen molar-refractivity contribution in [2.75, 3.05) is 50.1 Å². The lowest BCUT2D eigenvalue weighted by Crippen LogP contribution is -2.24. The fraction of sp³-hybridized carbons (Fsp3) is 0.333. The molecule has 0 unspecified atom stereocenters. The van der Waals surface area contributed by atoms with E-state index in [2.05, 4.69) is 105 Å². The van der Waals surface area contributed by atoms with Crippen LogP contribution in [0.4, 0.5) is 11.4 Å². The van der Waals surface area contributed by atoms with E-state index in [1.54, 1.807) is 0 Å². The third kappa shape index (κ3) is 12.6. The van der Waals surface area contributed by atoms with Gasteiger partial charge in [-0.2, -0.15) is 0 Å². The number of anilines is 2. The van der Waals surface area contributed by atoms with Crippen LogP contribution in [0, 0.1) is 0 Å². The van der Waals surface area contributed by atoms with Crippen molar-refractivity contribution in [3.63, 3.8) is 0 Å². The van der Waals surface area contributed by atoms with Gasteiger partial charge in [0.2, 0.25) is 0 Å². The number of aliphatic imine (C=N–C) groups is 2. The molecule has 6 N–H and O–H groups in total. The van der Waals surface area contributed by atoms with Crippen molar-refractivity contribution < 1.29 is 0 Å². The van der Waals surface area contributed by atoms with Gasteiger partial charge in [0, 0.05) is 43.9 Å². The fourth-order valence-electron chi connectivity index (χ4n) is 5.30. The molecule has 248 valence electrons. The molecule has 0 aliphatic rings. The minimum Gasteiger partial charge on any atom is -0.384 e. The zero-order valence-corrected chi connectivity index (χ0v) is 28.1. The Morgan fingerprint density at radius 1 is 0.532 bits per heavy atom. The molecule has 0 aliphatic heterocycles. The molecular weight excluding hydrogens is 580 g/mol. The second-order valence-electron chi connectivity index (χ2n) is 11.7. The molecule has 0 amide bonds. The summed E-state index contributed by atoms with van der Waals surface area (Å²) in [5.74, 6) is 1.14. The van der Waals surface area contributed by atoms with E-state index in [0.717, 1.165) is 87.6 Å². The topological polar surface area (TPSA) is 107 Å². The summed E-state index contributed by atoms with van der Waals surface area (Å²) in [5, 5.41) is 0. The second kappa shape index (κ2) is 19.8. The number of benzene rings is 4. The summed E-state index contributed by atoms with van der Waals surface area (Å²) in [6.07, 6.45) is 3.08. The molecule has 4 aromatic carbocycles. The number of rotatable bonds is 20. The normalized spacial score (nSPS) is 12.1. The molecule has 8 nitrogen and oxygen atoms in total. The Bertz CT molecular complexity index is 1490. The summed E-state index contributed by atoms with van der Waals surface area (Å²) >= 11 is 0. The van der Waals surface area contributed by atoms with Crippen LogP contribution in [0.15, 0.2) is 119 Å². The van der Waals surface area contributed by atoms with Gasteiger partial charge in [-0.1, -0.05) is 74.5 Å². The minimum absolute atomic E-state index is 0.566. The van der Waals surface area contributed by atoms with E-state index in [4.69, 9.17) is 11.5 Å². The molecule has 0 saturated heterocycles. The first kappa shape index (κ1) is 35.2. The maximum Gasteiger partial charge on any atom is 0.125 e. The molecule has 0 bridgehead atoms. The van der Waals surface area contributed by atoms with Gasteiger partial charge < -0.3 is 22.3 Å². The summed E-state index contributed by atoms with van der Waals surface area (Å²) in [7, 11) is 0. The predicted molar refractivity (Wildman–Crippen MR) is 200 cm³/mol. The van der Waals surface area contributed by atoms with E-state index in [9.17, 15) is 0 Å². The lowest BCUT2D eigenvalue weighted by Gasteiger charge is -2.20. The largest absolute Gasteiger partial charge is 0.384 e. The van der Waals surface area contributed by atoms with Gasteiger partial charge in [-0.15, -0.1) is 0 Å². The van der Waals surface area contributed by atoms with Crippen molar-refractivity contribution in [1.29, 1.82) is 0 Å². The lowest BCUT2D eigenvalue weighted by atomic mass is 10.2. The molecule has 0 saturated carbocycles. The van der Waals surface area contributed by atoms with Gasteiger partial charge in [-0.25, -0.2) is 0 Å². The van der Waals surface area contributed by atoms with Crippen molar-refractivity contribution in [1.82, 2.24) is 9.80 Å². The highest BCUT2D eigenvalue weighted by Gasteiger charge is 2.06. The Kier molecular flexibility index (Phi) is 14.8. The molecule has 8 heteroatoms. The van der Waals surface area contributed by atoms with Crippen molar-refractivity contribution in [2.24, 2.45) is 21.5 Å². The van der Waals surface area contributed by atoms with Crippen molar-refractivity contribution in [3.8, 4) is 0 Å². The van der Waals surface area contributed by atoms with Gasteiger partial charge in [0.25, 0.3) is 0 Å². The molecule has 0 aliphatic carbocycles. The summed E-state index contributed by atoms with van der Waals surface area (Å²) in [6.45, 7) is 11.9. The summed E-state index contributed by atoms with van der Waals surface area (Å²) in [6, 6.07) is 37.1. The first-order valence-electron chi connectivity index (χ1n) is 16.9. The van der Waals surface area contributed by atoms with Crippen molar-refractivity contribution >= 4 is 23.0 Å². The summed E-state index contributed by atoms with van der Waals surface area (Å²) < 4.78 is 0. The standard InChI is InChI=1S/C39H52N8/c1-3-46(30-32-14-7-5-8-15-32)28-12-11-26-42-38(40)34-18-22-36(23-19-34)44-45-37-24-20-35(21-25-37)39(41)43-27-13-29-47(4-2)31-33-16-9-6-10-17-33/h5-10,14-25,44-45H,3-4,11-13,26-31H2,1-2H3,(H2,40,42)(H2,41,43). The van der Waals surface area contributed by atoms with Crippen molar-refractivity contribution in [3.05, 3.63) is 131 Å². The summed E-state index contributed by atoms with van der Waals surface area (Å²) in [4.78, 5) is 14.1. The molecule has 47 heavy (non-hydrogen) atoms. The van der Waals surface area contributed by atoms with E-state index in [-0.39, 0.29) is 0 Å². The number of amidine groups is 2. The smallest absolute Gasteiger partial charge is 0.125 e. The zero-order chi connectivity index (χ0) is 33.1. The maximum atomic E-state index is 6.29. The van der Waals surface area contributed by atoms with Crippen LogP contribution in [0.3, 0.4) is 0 Å². The number of hydrogen-bond donors (Lipinski definition) is 4. The van der Waals surface area contributed by atoms with Crippen LogP contribution in [0.5, 0.6) is 0 Å². The Labute approximate surface area is 281 Å². The van der Waals surface area contributed by atoms with Gasteiger partial charge in [0.15, 0.2) is 0 Å². The maximum absolute atomic E-state index is 6.29. The van der Waals surface area contributed by atoms with Crippen LogP contribution in [-0.2, 0) is 13.1 Å². The van der Waals surface area contributed by atoms with E-state index in [0.29, 0.717) is 18.2 Å². The highest BCUT2D eigenvalue weighted by Crippen LogP contribution is 2.14. The fourth-order valence-corrected chi connectivity index (χ4v) is 5.30. The average molecular weight is 633 g/mol. The molecule has 4 rings (SSSR count). The molecule has 4 aromatic rings. The van der Waals surface area contributed by atoms with Gasteiger partial charge >= 0.3 is 0 Å². The number of nitrogens with two attached hydrogens (primary N) is 2. The number of unbranched alkanes of at least 4 members (excludes halogenated alkanes) is 1. The van der Waals surface area contributed by atoms with Crippen molar-refractivity contribution in [2.45, 2.75) is 46.2 Å². The molecular formula is C39H52N8. The van der Waals surface area contributed by atoms with Crippen LogP contribution < -0.4 is 22.3 Å². The van der Waals surface area contributed by atoms with Crippen LogP contribution in [0.2, 0.25) is 0 Å². The Morgan fingerprint density at radius 2 is 0.936 bits per heavy atom. The third-order valence-corrected chi connectivity index (χ3v) is 8.18. The number of nitrogens with zero attached hydrogens (tertiary/aromatic N) is 4. The number of nitrogens with one attached hydrogen (secondary N) is 2. The number of hydrazine groups is 1. The quantitative estimate of drug-likeness (QED) is 0.0372. The van der Waals surface area contributed by atoms with Gasteiger partial charge in [0.1, 0.15) is 11.7 Å². The Morgan fingerprint density at radius 3 is 1.36 bits per heavy atom. The summed E-state index contributed by atoms with van der Waals surface area (Å²) in [5.41, 5.74) is 25.5. The third-order valence-electron chi connectivity index (χ3n) is 8.18. The van der Waals surface area contributed by atoms with Crippen LogP contribution in [0.1, 0.15) is 55.4 Å². The zero-order valence-electron chi connectivity index (χ0n) is 28.1. The van der Waals surface area contributed by atoms with E-state index in [1.807, 2.05) is 48.5 Å². The van der Waals surface area contributed by atoms with Gasteiger partial charge in [-0.05, 0) is 98.6 Å². The monoisotopic (exact) mass is 632 g/mol. The predicted octanol–water partition coefficient (Wildman–Crippen LogP) is 6.75. The molecule has 0 fully saturated rings. The highest BCUT2D eigenvalue weighted by atomic mass is 15.4. The first-order valence-corrected chi connectivity index (χ1v) is 16.9. The van der Waals surface area contributed by atoms with Crippen LogP contribution in [-0.4, -0.2) is 60.7 Å². The van der Waals surface area contributed by atoms with Crippen LogP contribution >= 0.6 is 0 Å². The number of hydrogen-bond acceptors (Lipinski definition) is 6. The highest BCUT2D eigenvalue weighted by molar-refractivity contribution is 5.98.